The minimum Gasteiger partial charge on any atom is -0.480 e. The van der Waals surface area contributed by atoms with Crippen LogP contribution in [-0.4, -0.2) is 38.2 Å². The van der Waals surface area contributed by atoms with Crippen LogP contribution in [-0.2, 0) is 20.9 Å². The third-order valence-corrected chi connectivity index (χ3v) is 6.28. The van der Waals surface area contributed by atoms with Crippen molar-refractivity contribution in [2.24, 2.45) is 0 Å². The van der Waals surface area contributed by atoms with Crippen LogP contribution in [0, 0.1) is 0 Å². The van der Waals surface area contributed by atoms with Crippen LogP contribution in [0.4, 0.5) is 5.69 Å². The first kappa shape index (κ1) is 19.4. The maximum atomic E-state index is 13.3. The minimum atomic E-state index is -1.16. The lowest BCUT2D eigenvalue weighted by Gasteiger charge is -2.19. The Morgan fingerprint density at radius 2 is 1.72 bits per heavy atom. The van der Waals surface area contributed by atoms with Crippen LogP contribution in [0.15, 0.2) is 59.5 Å². The van der Waals surface area contributed by atoms with E-state index in [9.17, 15) is 19.5 Å². The summed E-state index contributed by atoms with van der Waals surface area (Å²) in [6.45, 7) is 1.76. The van der Waals surface area contributed by atoms with Gasteiger partial charge in [0.2, 0.25) is 0 Å². The van der Waals surface area contributed by atoms with E-state index in [1.54, 1.807) is 17.0 Å². The van der Waals surface area contributed by atoms with Crippen LogP contribution in [0.1, 0.15) is 18.1 Å². The van der Waals surface area contributed by atoms with Crippen molar-refractivity contribution in [1.82, 2.24) is 4.90 Å². The van der Waals surface area contributed by atoms with Crippen molar-refractivity contribution in [3.8, 4) is 0 Å². The van der Waals surface area contributed by atoms with E-state index < -0.39 is 17.9 Å². The third kappa shape index (κ3) is 3.24. The van der Waals surface area contributed by atoms with Crippen LogP contribution in [0.3, 0.4) is 0 Å². The number of aliphatic carboxylic acids is 1. The number of hydrogen-bond acceptors (Lipinski definition) is 5. The van der Waals surface area contributed by atoms with Crippen molar-refractivity contribution in [1.29, 1.82) is 0 Å². The van der Waals surface area contributed by atoms with Crippen LogP contribution in [0.25, 0.3) is 5.57 Å². The van der Waals surface area contributed by atoms with Crippen LogP contribution >= 0.6 is 24.0 Å². The first-order valence-electron chi connectivity index (χ1n) is 8.87. The Balaban J connectivity index is 1.79. The number of thiocarbonyl (C=S) groups is 1. The molecule has 2 aliphatic heterocycles. The Bertz CT molecular complexity index is 1080. The van der Waals surface area contributed by atoms with Gasteiger partial charge in [0.15, 0.2) is 0 Å². The van der Waals surface area contributed by atoms with E-state index >= 15 is 0 Å². The Labute approximate surface area is 176 Å². The van der Waals surface area contributed by atoms with E-state index in [1.165, 1.54) is 6.92 Å². The number of hydrogen-bond donors (Lipinski definition) is 1. The summed E-state index contributed by atoms with van der Waals surface area (Å²) in [6.07, 6.45) is 0. The average molecular weight is 425 g/mol. The number of carboxylic acid groups (broad SMARTS) is 1. The van der Waals surface area contributed by atoms with Gasteiger partial charge in [-0.1, -0.05) is 72.5 Å². The lowest BCUT2D eigenvalue weighted by atomic mass is 10.1. The van der Waals surface area contributed by atoms with Crippen molar-refractivity contribution in [3.05, 3.63) is 70.6 Å². The Morgan fingerprint density at radius 3 is 2.41 bits per heavy atom. The number of nitrogens with zero attached hydrogens (tertiary/aromatic N) is 2. The highest BCUT2D eigenvalue weighted by atomic mass is 32.2. The molecule has 29 heavy (non-hydrogen) atoms. The zero-order valence-corrected chi connectivity index (χ0v) is 17.0. The van der Waals surface area contributed by atoms with Crippen molar-refractivity contribution in [3.63, 3.8) is 0 Å². The Hall–Kier alpha value is -2.97. The maximum Gasteiger partial charge on any atom is 0.326 e. The fraction of sp³-hybridized carbons (Fsp3) is 0.143. The minimum absolute atomic E-state index is 0.138. The highest BCUT2D eigenvalue weighted by Gasteiger charge is 2.44. The summed E-state index contributed by atoms with van der Waals surface area (Å²) < 4.78 is 0.138. The highest BCUT2D eigenvalue weighted by molar-refractivity contribution is 8.26. The molecule has 0 aliphatic carbocycles. The lowest BCUT2D eigenvalue weighted by Crippen LogP contribution is -2.41. The van der Waals surface area contributed by atoms with E-state index in [0.29, 0.717) is 17.8 Å². The lowest BCUT2D eigenvalue weighted by molar-refractivity contribution is -0.144. The second-order valence-corrected chi connectivity index (χ2v) is 8.30. The number of carbonyl (C=O) groups excluding carboxylic acids is 2. The number of benzene rings is 2. The summed E-state index contributed by atoms with van der Waals surface area (Å²) in [5.74, 6) is -2.00. The van der Waals surface area contributed by atoms with Gasteiger partial charge in [-0.15, -0.1) is 0 Å². The molecule has 0 unspecified atom stereocenters. The second-order valence-electron chi connectivity index (χ2n) is 6.66. The van der Waals surface area contributed by atoms with Crippen molar-refractivity contribution in [2.45, 2.75) is 19.5 Å². The molecular weight excluding hydrogens is 408 g/mol. The van der Waals surface area contributed by atoms with E-state index in [1.807, 2.05) is 42.5 Å². The van der Waals surface area contributed by atoms with Gasteiger partial charge in [-0.25, -0.2) is 4.79 Å². The molecule has 2 aromatic carbocycles. The molecule has 0 bridgehead atoms. The molecule has 6 nitrogen and oxygen atoms in total. The first-order valence-corrected chi connectivity index (χ1v) is 10.1. The quantitative estimate of drug-likeness (QED) is 0.600. The summed E-state index contributed by atoms with van der Waals surface area (Å²) in [5.41, 5.74) is 2.60. The molecule has 4 rings (SSSR count). The topological polar surface area (TPSA) is 77.9 Å². The van der Waals surface area contributed by atoms with E-state index in [-0.39, 0.29) is 20.7 Å². The van der Waals surface area contributed by atoms with E-state index in [0.717, 1.165) is 22.2 Å². The zero-order chi connectivity index (χ0) is 20.7. The second kappa shape index (κ2) is 7.46. The van der Waals surface area contributed by atoms with Gasteiger partial charge in [0.05, 0.1) is 22.7 Å². The fourth-order valence-electron chi connectivity index (χ4n) is 3.40. The monoisotopic (exact) mass is 424 g/mol. The number of rotatable bonds is 4. The standard InChI is InChI=1S/C21H16N2O4S2/c1-12(20(26)27)23-19(25)17(29-21(23)28)16-14-9-5-6-10-15(14)22(18(16)24)11-13-7-3-2-4-8-13/h2-10,12H,11H2,1H3,(H,26,27)/b17-16-/t12-/m0/s1. The number of carboxylic acids is 1. The van der Waals surface area contributed by atoms with Crippen LogP contribution < -0.4 is 4.90 Å². The van der Waals surface area contributed by atoms with Gasteiger partial charge in [0, 0.05) is 5.56 Å². The summed E-state index contributed by atoms with van der Waals surface area (Å²) >= 11 is 6.22. The molecule has 0 aromatic heterocycles. The molecule has 1 atom stereocenters. The van der Waals surface area contributed by atoms with E-state index in [2.05, 4.69) is 0 Å². The number of anilines is 1. The number of carbonyl (C=O) groups is 3. The molecule has 1 N–H and O–H groups in total. The molecule has 2 aliphatic rings. The van der Waals surface area contributed by atoms with Crippen LogP contribution in [0.5, 0.6) is 0 Å². The molecule has 0 spiro atoms. The number of fused-ring (bicyclic) bond motifs is 1. The molecule has 8 heteroatoms. The Morgan fingerprint density at radius 1 is 1.07 bits per heavy atom. The van der Waals surface area contributed by atoms with Gasteiger partial charge in [-0.05, 0) is 18.6 Å². The van der Waals surface area contributed by atoms with Gasteiger partial charge in [0.1, 0.15) is 10.4 Å². The average Bonchev–Trinajstić information content (AvgIpc) is 3.15. The maximum absolute atomic E-state index is 13.3. The number of thioether (sulfide) groups is 1. The molecule has 0 radical (unpaired) electrons. The molecule has 2 amide bonds. The largest absolute Gasteiger partial charge is 0.480 e. The normalized spacial score (nSPS) is 19.7. The third-order valence-electron chi connectivity index (χ3n) is 4.88. The van der Waals surface area contributed by atoms with Gasteiger partial charge in [-0.2, -0.15) is 0 Å². The molecule has 2 aromatic rings. The molecule has 146 valence electrons. The van der Waals surface area contributed by atoms with Gasteiger partial charge >= 0.3 is 5.97 Å². The van der Waals surface area contributed by atoms with Crippen LogP contribution in [0.2, 0.25) is 0 Å². The molecular formula is C21H16N2O4S2. The summed E-state index contributed by atoms with van der Waals surface area (Å²) in [5, 5.41) is 9.29. The van der Waals surface area contributed by atoms with E-state index in [4.69, 9.17) is 12.2 Å². The molecule has 1 saturated heterocycles. The van der Waals surface area contributed by atoms with Crippen molar-refractivity contribution in [2.75, 3.05) is 4.90 Å². The van der Waals surface area contributed by atoms with Crippen molar-refractivity contribution < 1.29 is 19.5 Å². The first-order chi connectivity index (χ1) is 13.9. The molecule has 1 fully saturated rings. The number of amides is 2. The SMILES string of the molecule is C[C@@H](C(=O)O)N1C(=O)/C(=C2/C(=O)N(Cc3ccccc3)c3ccccc32)SC1=S. The summed E-state index contributed by atoms with van der Waals surface area (Å²) in [7, 11) is 0. The summed E-state index contributed by atoms with van der Waals surface area (Å²) in [6, 6.07) is 15.7. The fourth-order valence-corrected chi connectivity index (χ4v) is 4.89. The van der Waals surface area contributed by atoms with Gasteiger partial charge < -0.3 is 10.0 Å². The van der Waals surface area contributed by atoms with Gasteiger partial charge in [-0.3, -0.25) is 14.5 Å². The molecule has 0 saturated carbocycles. The predicted molar refractivity (Wildman–Crippen MR) is 115 cm³/mol. The smallest absolute Gasteiger partial charge is 0.326 e. The van der Waals surface area contributed by atoms with Gasteiger partial charge in [0.25, 0.3) is 11.8 Å². The predicted octanol–water partition coefficient (Wildman–Crippen LogP) is 3.28. The highest BCUT2D eigenvalue weighted by Crippen LogP contribution is 2.45. The molecule has 2 heterocycles. The van der Waals surface area contributed by atoms with Crippen molar-refractivity contribution >= 4 is 57.3 Å². The summed E-state index contributed by atoms with van der Waals surface area (Å²) in [4.78, 5) is 40.6. The zero-order valence-electron chi connectivity index (χ0n) is 15.4. The Kier molecular flexibility index (Phi) is 4.97. The number of para-hydroxylation sites is 1.